The molecule has 3 heteroatoms. The SMILES string of the molecule is C=C(C)CCC(NCC)C(C)(CC)N1CCOCC1. The van der Waals surface area contributed by atoms with Gasteiger partial charge < -0.3 is 10.1 Å². The second kappa shape index (κ2) is 8.03. The molecule has 0 bridgehead atoms. The van der Waals surface area contributed by atoms with E-state index in [0.717, 1.165) is 39.3 Å². The molecule has 0 aromatic carbocycles. The molecular weight excluding hydrogens is 236 g/mol. The van der Waals surface area contributed by atoms with Gasteiger partial charge in [0.15, 0.2) is 0 Å². The van der Waals surface area contributed by atoms with E-state index in [2.05, 4.69) is 44.5 Å². The van der Waals surface area contributed by atoms with Crippen molar-refractivity contribution in [3.63, 3.8) is 0 Å². The summed E-state index contributed by atoms with van der Waals surface area (Å²) in [5.41, 5.74) is 1.50. The van der Waals surface area contributed by atoms with Gasteiger partial charge in [-0.1, -0.05) is 19.4 Å². The van der Waals surface area contributed by atoms with Gasteiger partial charge in [-0.2, -0.15) is 0 Å². The van der Waals surface area contributed by atoms with Crippen LogP contribution in [0.2, 0.25) is 0 Å². The third kappa shape index (κ3) is 4.59. The third-order valence-corrected chi connectivity index (χ3v) is 4.51. The first-order chi connectivity index (χ1) is 9.04. The van der Waals surface area contributed by atoms with E-state index in [-0.39, 0.29) is 5.54 Å². The van der Waals surface area contributed by atoms with Crippen LogP contribution in [0, 0.1) is 0 Å². The van der Waals surface area contributed by atoms with Gasteiger partial charge in [0.25, 0.3) is 0 Å². The van der Waals surface area contributed by atoms with Crippen molar-refractivity contribution in [3.8, 4) is 0 Å². The van der Waals surface area contributed by atoms with Gasteiger partial charge in [0.1, 0.15) is 0 Å². The third-order valence-electron chi connectivity index (χ3n) is 4.51. The molecule has 0 aliphatic carbocycles. The fraction of sp³-hybridized carbons (Fsp3) is 0.875. The zero-order chi connectivity index (χ0) is 14.3. The average molecular weight is 268 g/mol. The Labute approximate surface area is 119 Å². The minimum Gasteiger partial charge on any atom is -0.379 e. The number of ether oxygens (including phenoxy) is 1. The average Bonchev–Trinajstić information content (AvgIpc) is 2.43. The van der Waals surface area contributed by atoms with Crippen molar-refractivity contribution in [1.29, 1.82) is 0 Å². The molecule has 1 aliphatic heterocycles. The molecule has 2 unspecified atom stereocenters. The van der Waals surface area contributed by atoms with Crippen LogP contribution in [0.4, 0.5) is 0 Å². The summed E-state index contributed by atoms with van der Waals surface area (Å²) < 4.78 is 5.50. The summed E-state index contributed by atoms with van der Waals surface area (Å²) in [5, 5.41) is 3.70. The fourth-order valence-electron chi connectivity index (χ4n) is 3.03. The number of rotatable bonds is 8. The fourth-order valence-corrected chi connectivity index (χ4v) is 3.03. The van der Waals surface area contributed by atoms with Crippen LogP contribution in [0.5, 0.6) is 0 Å². The second-order valence-electron chi connectivity index (χ2n) is 5.92. The molecule has 0 spiro atoms. The molecule has 1 N–H and O–H groups in total. The molecule has 0 radical (unpaired) electrons. The highest BCUT2D eigenvalue weighted by Gasteiger charge is 2.38. The Morgan fingerprint density at radius 1 is 1.37 bits per heavy atom. The van der Waals surface area contributed by atoms with Crippen LogP contribution in [0.15, 0.2) is 12.2 Å². The molecule has 1 fully saturated rings. The lowest BCUT2D eigenvalue weighted by molar-refractivity contribution is -0.0331. The maximum atomic E-state index is 5.50. The quantitative estimate of drug-likeness (QED) is 0.685. The highest BCUT2D eigenvalue weighted by atomic mass is 16.5. The van der Waals surface area contributed by atoms with Crippen molar-refractivity contribution in [3.05, 3.63) is 12.2 Å². The summed E-state index contributed by atoms with van der Waals surface area (Å²) in [4.78, 5) is 2.61. The molecule has 1 heterocycles. The predicted octanol–water partition coefficient (Wildman–Crippen LogP) is 2.82. The molecule has 0 amide bonds. The van der Waals surface area contributed by atoms with E-state index >= 15 is 0 Å². The number of morpholine rings is 1. The molecular formula is C16H32N2O. The Hall–Kier alpha value is -0.380. The van der Waals surface area contributed by atoms with Gasteiger partial charge in [-0.3, -0.25) is 4.90 Å². The van der Waals surface area contributed by atoms with Gasteiger partial charge in [-0.25, -0.2) is 0 Å². The maximum absolute atomic E-state index is 5.50. The van der Waals surface area contributed by atoms with E-state index in [1.54, 1.807) is 0 Å². The molecule has 2 atom stereocenters. The van der Waals surface area contributed by atoms with E-state index in [1.165, 1.54) is 18.4 Å². The Kier molecular flexibility index (Phi) is 7.05. The molecule has 1 aliphatic rings. The van der Waals surface area contributed by atoms with Crippen LogP contribution < -0.4 is 5.32 Å². The topological polar surface area (TPSA) is 24.5 Å². The first-order valence-corrected chi connectivity index (χ1v) is 7.75. The summed E-state index contributed by atoms with van der Waals surface area (Å²) in [6, 6.07) is 0.525. The Balaban J connectivity index is 2.76. The van der Waals surface area contributed by atoms with Crippen LogP contribution >= 0.6 is 0 Å². The molecule has 0 saturated carbocycles. The van der Waals surface area contributed by atoms with Gasteiger partial charge >= 0.3 is 0 Å². The Morgan fingerprint density at radius 2 is 2.00 bits per heavy atom. The summed E-state index contributed by atoms with van der Waals surface area (Å²) in [5.74, 6) is 0. The summed E-state index contributed by atoms with van der Waals surface area (Å²) >= 11 is 0. The Morgan fingerprint density at radius 3 is 2.47 bits per heavy atom. The molecule has 0 aromatic rings. The number of nitrogens with one attached hydrogen (secondary N) is 1. The van der Waals surface area contributed by atoms with Crippen LogP contribution in [0.3, 0.4) is 0 Å². The number of allylic oxidation sites excluding steroid dienone is 1. The summed E-state index contributed by atoms with van der Waals surface area (Å²) in [6.07, 6.45) is 3.45. The lowest BCUT2D eigenvalue weighted by atomic mass is 9.83. The lowest BCUT2D eigenvalue weighted by Gasteiger charge is -2.48. The highest BCUT2D eigenvalue weighted by Crippen LogP contribution is 2.28. The van der Waals surface area contributed by atoms with Crippen molar-refractivity contribution in [2.45, 2.75) is 58.5 Å². The van der Waals surface area contributed by atoms with Crippen molar-refractivity contribution in [1.82, 2.24) is 10.2 Å². The monoisotopic (exact) mass is 268 g/mol. The number of hydrogen-bond donors (Lipinski definition) is 1. The normalized spacial score (nSPS) is 21.9. The van der Waals surface area contributed by atoms with Crippen LogP contribution in [0.25, 0.3) is 0 Å². The van der Waals surface area contributed by atoms with Crippen LogP contribution in [0.1, 0.15) is 47.0 Å². The van der Waals surface area contributed by atoms with Crippen molar-refractivity contribution >= 4 is 0 Å². The zero-order valence-electron chi connectivity index (χ0n) is 13.3. The maximum Gasteiger partial charge on any atom is 0.0594 e. The van der Waals surface area contributed by atoms with Gasteiger partial charge in [0, 0.05) is 24.7 Å². The molecule has 0 aromatic heterocycles. The van der Waals surface area contributed by atoms with E-state index in [0.29, 0.717) is 6.04 Å². The molecule has 3 nitrogen and oxygen atoms in total. The zero-order valence-corrected chi connectivity index (χ0v) is 13.3. The largest absolute Gasteiger partial charge is 0.379 e. The van der Waals surface area contributed by atoms with Crippen molar-refractivity contribution in [2.75, 3.05) is 32.8 Å². The smallest absolute Gasteiger partial charge is 0.0594 e. The predicted molar refractivity (Wildman–Crippen MR) is 82.6 cm³/mol. The highest BCUT2D eigenvalue weighted by molar-refractivity contribution is 4.99. The van der Waals surface area contributed by atoms with Crippen LogP contribution in [-0.2, 0) is 4.74 Å². The van der Waals surface area contributed by atoms with E-state index in [4.69, 9.17) is 4.74 Å². The molecule has 1 rings (SSSR count). The molecule has 1 saturated heterocycles. The van der Waals surface area contributed by atoms with E-state index in [1.807, 2.05) is 0 Å². The number of hydrogen-bond acceptors (Lipinski definition) is 3. The van der Waals surface area contributed by atoms with Crippen LogP contribution in [-0.4, -0.2) is 49.3 Å². The number of likely N-dealkylation sites (N-methyl/N-ethyl adjacent to an activating group) is 1. The lowest BCUT2D eigenvalue weighted by Crippen LogP contribution is -2.61. The second-order valence-corrected chi connectivity index (χ2v) is 5.92. The van der Waals surface area contributed by atoms with Gasteiger partial charge in [-0.05, 0) is 39.7 Å². The standard InChI is InChI=1S/C16H32N2O/c1-6-16(5,18-10-12-19-13-11-18)15(17-7-2)9-8-14(3)4/h15,17H,3,6-13H2,1-2,4-5H3. The minimum atomic E-state index is 0.218. The first kappa shape index (κ1) is 16.7. The van der Waals surface area contributed by atoms with Gasteiger partial charge in [0.2, 0.25) is 0 Å². The summed E-state index contributed by atoms with van der Waals surface area (Å²) in [7, 11) is 0. The van der Waals surface area contributed by atoms with E-state index in [9.17, 15) is 0 Å². The number of nitrogens with zero attached hydrogens (tertiary/aromatic N) is 1. The minimum absolute atomic E-state index is 0.218. The summed E-state index contributed by atoms with van der Waals surface area (Å²) in [6.45, 7) is 18.0. The van der Waals surface area contributed by atoms with Crippen molar-refractivity contribution in [2.24, 2.45) is 0 Å². The van der Waals surface area contributed by atoms with E-state index < -0.39 is 0 Å². The Bertz CT molecular complexity index is 274. The van der Waals surface area contributed by atoms with Gasteiger partial charge in [0.05, 0.1) is 13.2 Å². The molecule has 112 valence electrons. The molecule has 19 heavy (non-hydrogen) atoms. The van der Waals surface area contributed by atoms with Gasteiger partial charge in [-0.15, -0.1) is 6.58 Å². The first-order valence-electron chi connectivity index (χ1n) is 7.75. The van der Waals surface area contributed by atoms with Crippen molar-refractivity contribution < 1.29 is 4.74 Å².